The molecule has 0 radical (unpaired) electrons. The maximum Gasteiger partial charge on any atom is 0.299 e. The second-order valence-electron chi connectivity index (χ2n) is 4.81. The smallest absolute Gasteiger partial charge is 0.299 e. The van der Waals surface area contributed by atoms with Crippen molar-refractivity contribution in [2.24, 2.45) is 5.92 Å². The number of aromatic nitrogens is 2. The molecule has 0 saturated carbocycles. The number of aryl methyl sites for hydroxylation is 1. The van der Waals surface area contributed by atoms with E-state index >= 15 is 0 Å². The van der Waals surface area contributed by atoms with E-state index in [4.69, 9.17) is 9.47 Å². The molecular formula is C13H21N3O3. The van der Waals surface area contributed by atoms with Gasteiger partial charge in [-0.2, -0.15) is 0 Å². The summed E-state index contributed by atoms with van der Waals surface area (Å²) in [5.74, 6) is 0.592. The van der Waals surface area contributed by atoms with E-state index in [2.05, 4.69) is 10.3 Å². The van der Waals surface area contributed by atoms with Gasteiger partial charge in [-0.15, -0.1) is 0 Å². The average molecular weight is 267 g/mol. The molecule has 6 heteroatoms. The predicted molar refractivity (Wildman–Crippen MR) is 71.6 cm³/mol. The summed E-state index contributed by atoms with van der Waals surface area (Å²) in [6.45, 7) is 5.69. The number of ether oxygens (including phenoxy) is 2. The van der Waals surface area contributed by atoms with Gasteiger partial charge in [0.1, 0.15) is 0 Å². The largest absolute Gasteiger partial charge is 0.468 e. The molecule has 1 fully saturated rings. The van der Waals surface area contributed by atoms with Crippen molar-refractivity contribution >= 4 is 0 Å². The van der Waals surface area contributed by atoms with Crippen LogP contribution in [-0.4, -0.2) is 43.0 Å². The van der Waals surface area contributed by atoms with E-state index in [-0.39, 0.29) is 5.56 Å². The maximum atomic E-state index is 11.9. The summed E-state index contributed by atoms with van der Waals surface area (Å²) < 4.78 is 12.0. The van der Waals surface area contributed by atoms with Crippen molar-refractivity contribution in [1.29, 1.82) is 0 Å². The minimum absolute atomic E-state index is 0.0738. The molecule has 1 aliphatic rings. The predicted octanol–water partition coefficient (Wildman–Crippen LogP) is 0.186. The molecule has 6 nitrogen and oxygen atoms in total. The van der Waals surface area contributed by atoms with Crippen molar-refractivity contribution in [3.63, 3.8) is 0 Å². The first-order valence-electron chi connectivity index (χ1n) is 6.61. The highest BCUT2D eigenvalue weighted by Crippen LogP contribution is 2.10. The van der Waals surface area contributed by atoms with Crippen LogP contribution in [0.3, 0.4) is 0 Å². The van der Waals surface area contributed by atoms with Crippen LogP contribution in [0.25, 0.3) is 0 Å². The van der Waals surface area contributed by atoms with Gasteiger partial charge in [-0.3, -0.25) is 9.36 Å². The summed E-state index contributed by atoms with van der Waals surface area (Å²) in [6.07, 6.45) is 1.11. The molecule has 19 heavy (non-hydrogen) atoms. The molecule has 0 aliphatic carbocycles. The summed E-state index contributed by atoms with van der Waals surface area (Å²) in [4.78, 5) is 16.1. The first-order valence-corrected chi connectivity index (χ1v) is 6.61. The first-order chi connectivity index (χ1) is 9.20. The standard InChI is InChI=1S/C13H21N3O3/c1-10-7-12(17)16(13(15-10)18-2)5-4-14-8-11-3-6-19-9-11/h7,11,14H,3-6,8-9H2,1-2H3. The molecule has 1 atom stereocenters. The van der Waals surface area contributed by atoms with Gasteiger partial charge >= 0.3 is 0 Å². The summed E-state index contributed by atoms with van der Waals surface area (Å²) >= 11 is 0. The summed E-state index contributed by atoms with van der Waals surface area (Å²) in [5.41, 5.74) is 0.601. The van der Waals surface area contributed by atoms with Gasteiger partial charge in [0.25, 0.3) is 11.6 Å². The number of hydrogen-bond donors (Lipinski definition) is 1. The van der Waals surface area contributed by atoms with E-state index in [1.165, 1.54) is 13.2 Å². The van der Waals surface area contributed by atoms with Crippen molar-refractivity contribution in [3.8, 4) is 6.01 Å². The number of hydrogen-bond acceptors (Lipinski definition) is 5. The Morgan fingerprint density at radius 2 is 2.47 bits per heavy atom. The minimum atomic E-state index is -0.0738. The molecular weight excluding hydrogens is 246 g/mol. The Balaban J connectivity index is 1.86. The Morgan fingerprint density at radius 3 is 3.16 bits per heavy atom. The molecule has 0 bridgehead atoms. The van der Waals surface area contributed by atoms with E-state index in [9.17, 15) is 4.79 Å². The first kappa shape index (κ1) is 14.0. The van der Waals surface area contributed by atoms with Gasteiger partial charge < -0.3 is 14.8 Å². The van der Waals surface area contributed by atoms with Gasteiger partial charge in [0.2, 0.25) is 0 Å². The number of nitrogens with one attached hydrogen (secondary N) is 1. The molecule has 1 aromatic heterocycles. The highest BCUT2D eigenvalue weighted by atomic mass is 16.5. The van der Waals surface area contributed by atoms with Gasteiger partial charge in [-0.05, 0) is 19.3 Å². The molecule has 0 spiro atoms. The summed E-state index contributed by atoms with van der Waals surface area (Å²) in [6, 6.07) is 1.89. The van der Waals surface area contributed by atoms with Crippen LogP contribution in [-0.2, 0) is 11.3 Å². The molecule has 2 rings (SSSR count). The molecule has 1 aliphatic heterocycles. The third kappa shape index (κ3) is 3.78. The number of nitrogens with zero attached hydrogens (tertiary/aromatic N) is 2. The van der Waals surface area contributed by atoms with Crippen molar-refractivity contribution in [1.82, 2.24) is 14.9 Å². The zero-order chi connectivity index (χ0) is 13.7. The SMILES string of the molecule is COc1nc(C)cc(=O)n1CCNCC1CCOC1. The van der Waals surface area contributed by atoms with E-state index in [0.29, 0.717) is 24.2 Å². The van der Waals surface area contributed by atoms with Crippen LogP contribution in [0.4, 0.5) is 0 Å². The topological polar surface area (TPSA) is 65.4 Å². The molecule has 1 unspecified atom stereocenters. The van der Waals surface area contributed by atoms with Crippen molar-refractivity contribution < 1.29 is 9.47 Å². The third-order valence-electron chi connectivity index (χ3n) is 3.25. The van der Waals surface area contributed by atoms with Crippen LogP contribution in [0.1, 0.15) is 12.1 Å². The van der Waals surface area contributed by atoms with Gasteiger partial charge in [0, 0.05) is 38.0 Å². The Labute approximate surface area is 112 Å². The Kier molecular flexibility index (Phi) is 4.93. The lowest BCUT2D eigenvalue weighted by Gasteiger charge is -2.13. The Bertz CT molecular complexity index is 467. The van der Waals surface area contributed by atoms with Gasteiger partial charge in [-0.25, -0.2) is 4.98 Å². The fraction of sp³-hybridized carbons (Fsp3) is 0.692. The van der Waals surface area contributed by atoms with Crippen LogP contribution in [0.15, 0.2) is 10.9 Å². The lowest BCUT2D eigenvalue weighted by Crippen LogP contribution is -2.31. The molecule has 1 N–H and O–H groups in total. The molecule has 0 aromatic carbocycles. The lowest BCUT2D eigenvalue weighted by atomic mass is 10.1. The maximum absolute atomic E-state index is 11.9. The van der Waals surface area contributed by atoms with Crippen LogP contribution >= 0.6 is 0 Å². The van der Waals surface area contributed by atoms with Crippen LogP contribution < -0.4 is 15.6 Å². The van der Waals surface area contributed by atoms with Gasteiger partial charge in [-0.1, -0.05) is 0 Å². The Morgan fingerprint density at radius 1 is 1.63 bits per heavy atom. The van der Waals surface area contributed by atoms with Crippen LogP contribution in [0.5, 0.6) is 6.01 Å². The average Bonchev–Trinajstić information content (AvgIpc) is 2.89. The number of methoxy groups -OCH3 is 1. The number of rotatable bonds is 6. The lowest BCUT2D eigenvalue weighted by molar-refractivity contribution is 0.185. The van der Waals surface area contributed by atoms with Crippen LogP contribution in [0.2, 0.25) is 0 Å². The van der Waals surface area contributed by atoms with Crippen molar-refractivity contribution in [2.75, 3.05) is 33.4 Å². The van der Waals surface area contributed by atoms with E-state index in [1.54, 1.807) is 11.5 Å². The van der Waals surface area contributed by atoms with Gasteiger partial charge in [0.15, 0.2) is 0 Å². The third-order valence-corrected chi connectivity index (χ3v) is 3.25. The normalized spacial score (nSPS) is 18.7. The summed E-state index contributed by atoms with van der Waals surface area (Å²) in [5, 5.41) is 3.35. The Hall–Kier alpha value is -1.40. The van der Waals surface area contributed by atoms with E-state index in [1.807, 2.05) is 0 Å². The zero-order valence-electron chi connectivity index (χ0n) is 11.5. The van der Waals surface area contributed by atoms with E-state index in [0.717, 1.165) is 32.7 Å². The minimum Gasteiger partial charge on any atom is -0.468 e. The molecule has 0 amide bonds. The monoisotopic (exact) mass is 267 g/mol. The van der Waals surface area contributed by atoms with Crippen LogP contribution in [0, 0.1) is 12.8 Å². The fourth-order valence-electron chi connectivity index (χ4n) is 2.20. The molecule has 1 saturated heterocycles. The molecule has 2 heterocycles. The second-order valence-corrected chi connectivity index (χ2v) is 4.81. The highest BCUT2D eigenvalue weighted by Gasteiger charge is 2.14. The molecule has 106 valence electrons. The van der Waals surface area contributed by atoms with Crippen molar-refractivity contribution in [3.05, 3.63) is 22.1 Å². The highest BCUT2D eigenvalue weighted by molar-refractivity contribution is 5.06. The molecule has 1 aromatic rings. The summed E-state index contributed by atoms with van der Waals surface area (Å²) in [7, 11) is 1.53. The van der Waals surface area contributed by atoms with Crippen molar-refractivity contribution in [2.45, 2.75) is 19.9 Å². The second kappa shape index (κ2) is 6.68. The quantitative estimate of drug-likeness (QED) is 0.745. The van der Waals surface area contributed by atoms with E-state index < -0.39 is 0 Å². The zero-order valence-corrected chi connectivity index (χ0v) is 11.5. The van der Waals surface area contributed by atoms with Gasteiger partial charge in [0.05, 0.1) is 13.7 Å². The fourth-order valence-corrected chi connectivity index (χ4v) is 2.20.